The van der Waals surface area contributed by atoms with Gasteiger partial charge in [-0.25, -0.2) is 15.0 Å². The van der Waals surface area contributed by atoms with Gasteiger partial charge in [0.25, 0.3) is 5.56 Å². The average molecular weight is 383 g/mol. The lowest BCUT2D eigenvalue weighted by atomic mass is 9.92. The minimum Gasteiger partial charge on any atom is -0.376 e. The Bertz CT molecular complexity index is 894. The highest BCUT2D eigenvalue weighted by atomic mass is 16.5. The van der Waals surface area contributed by atoms with Crippen LogP contribution in [0, 0.1) is 5.92 Å². The van der Waals surface area contributed by atoms with Crippen molar-refractivity contribution in [3.8, 4) is 0 Å². The number of ether oxygens (including phenoxy) is 1. The lowest BCUT2D eigenvalue weighted by molar-refractivity contribution is 0.109. The minimum absolute atomic E-state index is 0.0457. The van der Waals surface area contributed by atoms with E-state index in [4.69, 9.17) is 4.74 Å². The molecule has 150 valence electrons. The second-order valence-corrected chi connectivity index (χ2v) is 8.87. The zero-order valence-electron chi connectivity index (χ0n) is 17.0. The lowest BCUT2D eigenvalue weighted by Crippen LogP contribution is -2.38. The van der Waals surface area contributed by atoms with E-state index in [0.29, 0.717) is 12.5 Å². The third-order valence-electron chi connectivity index (χ3n) is 5.76. The number of hydrogen-bond acceptors (Lipinski definition) is 6. The number of anilines is 1. The summed E-state index contributed by atoms with van der Waals surface area (Å²) in [6.07, 6.45) is 6.32. The highest BCUT2D eigenvalue weighted by Gasteiger charge is 2.25. The number of piperidine rings is 1. The van der Waals surface area contributed by atoms with Gasteiger partial charge in [-0.2, -0.15) is 0 Å². The van der Waals surface area contributed by atoms with Gasteiger partial charge in [0.2, 0.25) is 0 Å². The minimum atomic E-state index is -0.107. The highest BCUT2D eigenvalue weighted by Crippen LogP contribution is 2.28. The maximum absolute atomic E-state index is 12.5. The van der Waals surface area contributed by atoms with Crippen LogP contribution in [-0.4, -0.2) is 39.2 Å². The molecule has 7 heteroatoms. The van der Waals surface area contributed by atoms with Gasteiger partial charge in [-0.1, -0.05) is 20.8 Å². The molecule has 2 aliphatic rings. The third-order valence-corrected chi connectivity index (χ3v) is 5.76. The average Bonchev–Trinajstić information content (AvgIpc) is 2.69. The molecule has 0 aliphatic carbocycles. The Morgan fingerprint density at radius 3 is 2.68 bits per heavy atom. The molecular weight excluding hydrogens is 354 g/mol. The molecule has 2 aromatic heterocycles. The van der Waals surface area contributed by atoms with Crippen LogP contribution in [0.4, 0.5) is 5.82 Å². The van der Waals surface area contributed by atoms with Crippen LogP contribution in [0.2, 0.25) is 0 Å². The predicted octanol–water partition coefficient (Wildman–Crippen LogP) is 2.32. The van der Waals surface area contributed by atoms with Crippen LogP contribution in [0.25, 0.3) is 0 Å². The maximum Gasteiger partial charge on any atom is 0.253 e. The Balaban J connectivity index is 1.41. The summed E-state index contributed by atoms with van der Waals surface area (Å²) in [4.78, 5) is 28.3. The Labute approximate surface area is 165 Å². The van der Waals surface area contributed by atoms with Crippen molar-refractivity contribution < 1.29 is 4.74 Å². The zero-order chi connectivity index (χ0) is 19.7. The molecule has 0 aromatic carbocycles. The second-order valence-electron chi connectivity index (χ2n) is 8.87. The van der Waals surface area contributed by atoms with Gasteiger partial charge in [0.1, 0.15) is 12.1 Å². The summed E-state index contributed by atoms with van der Waals surface area (Å²) < 4.78 is 7.38. The quantitative estimate of drug-likeness (QED) is 0.810. The fourth-order valence-corrected chi connectivity index (χ4v) is 4.00. The van der Waals surface area contributed by atoms with E-state index in [1.165, 1.54) is 0 Å². The Kier molecular flexibility index (Phi) is 5.19. The largest absolute Gasteiger partial charge is 0.376 e. The first-order valence-electron chi connectivity index (χ1n) is 10.1. The van der Waals surface area contributed by atoms with Gasteiger partial charge in [-0.3, -0.25) is 9.36 Å². The van der Waals surface area contributed by atoms with E-state index in [2.05, 4.69) is 40.6 Å². The van der Waals surface area contributed by atoms with Gasteiger partial charge in [0, 0.05) is 43.1 Å². The summed E-state index contributed by atoms with van der Waals surface area (Å²) >= 11 is 0. The maximum atomic E-state index is 12.5. The first kappa shape index (κ1) is 19.1. The molecule has 0 saturated carbocycles. The molecule has 0 radical (unpaired) electrons. The van der Waals surface area contributed by atoms with E-state index >= 15 is 0 Å². The van der Waals surface area contributed by atoms with E-state index in [1.807, 2.05) is 0 Å². The molecule has 0 unspecified atom stereocenters. The van der Waals surface area contributed by atoms with Gasteiger partial charge in [0.15, 0.2) is 0 Å². The summed E-state index contributed by atoms with van der Waals surface area (Å²) in [5.74, 6) is 1.50. The SMILES string of the molecule is CC(C)(C)c1cc(=O)n(CC2CCN(c3ncnc4c3COCC4)CC2)cn1. The first-order chi connectivity index (χ1) is 13.4. The van der Waals surface area contributed by atoms with Crippen molar-refractivity contribution in [2.24, 2.45) is 5.92 Å². The molecule has 2 aliphatic heterocycles. The monoisotopic (exact) mass is 383 g/mol. The van der Waals surface area contributed by atoms with Crippen molar-refractivity contribution in [3.05, 3.63) is 46.0 Å². The van der Waals surface area contributed by atoms with Crippen LogP contribution < -0.4 is 10.5 Å². The molecule has 0 bridgehead atoms. The number of fused-ring (bicyclic) bond motifs is 1. The second kappa shape index (κ2) is 7.62. The molecule has 0 amide bonds. The van der Waals surface area contributed by atoms with Gasteiger partial charge < -0.3 is 9.64 Å². The molecule has 28 heavy (non-hydrogen) atoms. The summed E-state index contributed by atoms with van der Waals surface area (Å²) in [7, 11) is 0. The smallest absolute Gasteiger partial charge is 0.253 e. The molecule has 7 nitrogen and oxygen atoms in total. The third kappa shape index (κ3) is 3.94. The highest BCUT2D eigenvalue weighted by molar-refractivity contribution is 5.49. The van der Waals surface area contributed by atoms with Crippen LogP contribution in [0.1, 0.15) is 50.6 Å². The van der Waals surface area contributed by atoms with Crippen molar-refractivity contribution in [1.29, 1.82) is 0 Å². The molecule has 2 aromatic rings. The van der Waals surface area contributed by atoms with Crippen LogP contribution in [-0.2, 0) is 29.7 Å². The topological polar surface area (TPSA) is 73.1 Å². The summed E-state index contributed by atoms with van der Waals surface area (Å²) in [5.41, 5.74) is 3.05. The molecule has 4 heterocycles. The van der Waals surface area contributed by atoms with Gasteiger partial charge in [-0.15, -0.1) is 0 Å². The first-order valence-corrected chi connectivity index (χ1v) is 10.1. The van der Waals surface area contributed by atoms with Gasteiger partial charge in [0.05, 0.1) is 30.9 Å². The molecule has 1 saturated heterocycles. The Morgan fingerprint density at radius 1 is 1.18 bits per heavy atom. The summed E-state index contributed by atoms with van der Waals surface area (Å²) in [6, 6.07) is 1.68. The Morgan fingerprint density at radius 2 is 1.96 bits per heavy atom. The van der Waals surface area contributed by atoms with Crippen LogP contribution in [0.5, 0.6) is 0 Å². The fraction of sp³-hybridized carbons (Fsp3) is 0.619. The molecule has 0 atom stereocenters. The van der Waals surface area contributed by atoms with E-state index < -0.39 is 0 Å². The van der Waals surface area contributed by atoms with Gasteiger partial charge in [-0.05, 0) is 18.8 Å². The number of hydrogen-bond donors (Lipinski definition) is 0. The van der Waals surface area contributed by atoms with Crippen LogP contribution in [0.3, 0.4) is 0 Å². The number of nitrogens with zero attached hydrogens (tertiary/aromatic N) is 5. The summed E-state index contributed by atoms with van der Waals surface area (Å²) in [6.45, 7) is 10.2. The summed E-state index contributed by atoms with van der Waals surface area (Å²) in [5, 5.41) is 0. The fourth-order valence-electron chi connectivity index (χ4n) is 4.00. The normalized spacial score (nSPS) is 18.2. The number of rotatable bonds is 3. The van der Waals surface area contributed by atoms with E-state index in [9.17, 15) is 4.79 Å². The zero-order valence-corrected chi connectivity index (χ0v) is 17.0. The predicted molar refractivity (Wildman–Crippen MR) is 108 cm³/mol. The van der Waals surface area contributed by atoms with Crippen molar-refractivity contribution in [1.82, 2.24) is 19.5 Å². The van der Waals surface area contributed by atoms with E-state index in [1.54, 1.807) is 23.3 Å². The standard InChI is InChI=1S/C21H29N5O2/c1-21(2,3)18-10-19(27)26(14-24-18)11-15-4-7-25(8-5-15)20-16-12-28-9-6-17(16)22-13-23-20/h10,13-15H,4-9,11-12H2,1-3H3. The van der Waals surface area contributed by atoms with Crippen LogP contribution >= 0.6 is 0 Å². The van der Waals surface area contributed by atoms with Crippen molar-refractivity contribution in [2.45, 2.75) is 58.6 Å². The van der Waals surface area contributed by atoms with Crippen molar-refractivity contribution in [3.63, 3.8) is 0 Å². The lowest BCUT2D eigenvalue weighted by Gasteiger charge is -2.34. The molecular formula is C21H29N5O2. The molecule has 0 N–H and O–H groups in total. The molecule has 0 spiro atoms. The van der Waals surface area contributed by atoms with Crippen molar-refractivity contribution >= 4 is 5.82 Å². The van der Waals surface area contributed by atoms with E-state index in [0.717, 1.165) is 68.3 Å². The Hall–Kier alpha value is -2.28. The van der Waals surface area contributed by atoms with Crippen molar-refractivity contribution in [2.75, 3.05) is 24.6 Å². The molecule has 4 rings (SSSR count). The number of aromatic nitrogens is 4. The van der Waals surface area contributed by atoms with Gasteiger partial charge >= 0.3 is 0 Å². The van der Waals surface area contributed by atoms with E-state index in [-0.39, 0.29) is 11.0 Å². The molecule has 1 fully saturated rings. The van der Waals surface area contributed by atoms with Crippen LogP contribution in [0.15, 0.2) is 23.5 Å².